The van der Waals surface area contributed by atoms with Gasteiger partial charge in [-0.1, -0.05) is 12.8 Å². The average molecular weight is 262 g/mol. The Kier molecular flexibility index (Phi) is 2.63. The zero-order chi connectivity index (χ0) is 13.0. The fourth-order valence-corrected chi connectivity index (χ4v) is 3.46. The van der Waals surface area contributed by atoms with E-state index in [2.05, 4.69) is 5.32 Å². The first-order valence-electron chi connectivity index (χ1n) is 6.58. The predicted molar refractivity (Wildman–Crippen MR) is 58.6 cm³/mol. The van der Waals surface area contributed by atoms with E-state index in [1.165, 1.54) is 0 Å². The van der Waals surface area contributed by atoms with Gasteiger partial charge in [-0.25, -0.2) is 0 Å². The number of amides is 1. The topological polar surface area (TPSA) is 32.3 Å². The highest BCUT2D eigenvalue weighted by atomic mass is 19.4. The Labute approximate surface area is 104 Å². The zero-order valence-electron chi connectivity index (χ0n) is 10.1. The summed E-state index contributed by atoms with van der Waals surface area (Å²) in [6, 6.07) is 0. The van der Waals surface area contributed by atoms with E-state index >= 15 is 0 Å². The monoisotopic (exact) mass is 262 g/mol. The van der Waals surface area contributed by atoms with Gasteiger partial charge in [0.1, 0.15) is 5.54 Å². The summed E-state index contributed by atoms with van der Waals surface area (Å²) < 4.78 is 39.5. The summed E-state index contributed by atoms with van der Waals surface area (Å²) in [7, 11) is 0. The Hall–Kier alpha value is -0.780. The van der Waals surface area contributed by atoms with Crippen LogP contribution in [0.4, 0.5) is 13.2 Å². The summed E-state index contributed by atoms with van der Waals surface area (Å²) in [6.07, 6.45) is -0.603. The first kappa shape index (κ1) is 12.3. The van der Waals surface area contributed by atoms with Gasteiger partial charge in [-0.05, 0) is 31.6 Å². The van der Waals surface area contributed by atoms with Crippen LogP contribution in [0.2, 0.25) is 0 Å². The lowest BCUT2D eigenvalue weighted by molar-refractivity contribution is -0.204. The van der Waals surface area contributed by atoms with E-state index in [0.29, 0.717) is 0 Å². The summed E-state index contributed by atoms with van der Waals surface area (Å²) in [5.74, 6) is -0.196. The molecule has 1 atom stereocenters. The van der Waals surface area contributed by atoms with Crippen molar-refractivity contribution in [2.45, 2.75) is 56.4 Å². The van der Waals surface area contributed by atoms with Gasteiger partial charge in [-0.2, -0.15) is 13.2 Å². The molecular weight excluding hydrogens is 245 g/mol. The van der Waals surface area contributed by atoms with E-state index < -0.39 is 17.9 Å². The first-order chi connectivity index (χ1) is 8.46. The summed E-state index contributed by atoms with van der Waals surface area (Å²) in [5, 5.41) is 2.99. The number of alkyl halides is 3. The molecule has 3 rings (SSSR count). The predicted octanol–water partition coefficient (Wildman–Crippen LogP) is 2.03. The van der Waals surface area contributed by atoms with Crippen LogP contribution in [0.3, 0.4) is 0 Å². The van der Waals surface area contributed by atoms with Crippen LogP contribution in [-0.2, 0) is 4.79 Å². The van der Waals surface area contributed by atoms with Crippen LogP contribution in [-0.4, -0.2) is 35.2 Å². The van der Waals surface area contributed by atoms with Crippen LogP contribution in [0.5, 0.6) is 0 Å². The largest absolute Gasteiger partial charge is 0.411 e. The third-order valence-corrected chi connectivity index (χ3v) is 4.57. The van der Waals surface area contributed by atoms with Crippen molar-refractivity contribution >= 4 is 5.91 Å². The van der Waals surface area contributed by atoms with Crippen molar-refractivity contribution in [2.75, 3.05) is 6.54 Å². The molecule has 1 aliphatic heterocycles. The Balaban J connectivity index is 1.86. The highest BCUT2D eigenvalue weighted by Gasteiger charge is 2.70. The molecule has 0 aromatic rings. The van der Waals surface area contributed by atoms with Gasteiger partial charge >= 0.3 is 6.18 Å². The maximum Gasteiger partial charge on any atom is 0.411 e. The van der Waals surface area contributed by atoms with Gasteiger partial charge in [0.2, 0.25) is 5.91 Å². The minimum Gasteiger partial charge on any atom is -0.311 e. The molecule has 6 heteroatoms. The Bertz CT molecular complexity index is 359. The molecule has 3 fully saturated rings. The van der Waals surface area contributed by atoms with Crippen LogP contribution in [0.15, 0.2) is 0 Å². The number of rotatable bonds is 2. The van der Waals surface area contributed by atoms with E-state index in [9.17, 15) is 18.0 Å². The quantitative estimate of drug-likeness (QED) is 0.826. The van der Waals surface area contributed by atoms with Gasteiger partial charge in [-0.15, -0.1) is 0 Å². The van der Waals surface area contributed by atoms with Gasteiger partial charge in [-0.3, -0.25) is 10.1 Å². The molecule has 1 heterocycles. The second kappa shape index (κ2) is 3.85. The van der Waals surface area contributed by atoms with Gasteiger partial charge in [0, 0.05) is 0 Å². The molecule has 1 amide bonds. The average Bonchev–Trinajstić information content (AvgIpc) is 2.76. The number of hydrogen-bond acceptors (Lipinski definition) is 2. The highest BCUT2D eigenvalue weighted by Crippen LogP contribution is 2.55. The van der Waals surface area contributed by atoms with Crippen molar-refractivity contribution in [1.29, 1.82) is 0 Å². The summed E-state index contributed by atoms with van der Waals surface area (Å²) in [6.45, 7) is 0.0546. The van der Waals surface area contributed by atoms with E-state index in [1.807, 2.05) is 0 Å². The molecule has 0 spiro atoms. The highest BCUT2D eigenvalue weighted by molar-refractivity contribution is 5.82. The summed E-state index contributed by atoms with van der Waals surface area (Å²) in [5.41, 5.74) is -1.86. The van der Waals surface area contributed by atoms with Crippen LogP contribution in [0, 0.1) is 5.92 Å². The van der Waals surface area contributed by atoms with E-state index in [0.717, 1.165) is 30.6 Å². The van der Waals surface area contributed by atoms with E-state index in [4.69, 9.17) is 0 Å². The number of nitrogens with zero attached hydrogens (tertiary/aromatic N) is 1. The van der Waals surface area contributed by atoms with Crippen molar-refractivity contribution in [3.05, 3.63) is 0 Å². The van der Waals surface area contributed by atoms with E-state index in [1.54, 1.807) is 0 Å². The molecule has 3 aliphatic rings. The molecule has 1 saturated heterocycles. The molecule has 2 saturated carbocycles. The molecule has 102 valence electrons. The number of nitrogens with one attached hydrogen (secondary N) is 1. The molecule has 3 nitrogen and oxygen atoms in total. The summed E-state index contributed by atoms with van der Waals surface area (Å²) >= 11 is 0. The molecule has 1 N–H and O–H groups in total. The fraction of sp³-hybridized carbons (Fsp3) is 0.917. The van der Waals surface area contributed by atoms with Gasteiger partial charge in [0.05, 0.1) is 12.7 Å². The Morgan fingerprint density at radius 2 is 1.83 bits per heavy atom. The molecule has 0 radical (unpaired) electrons. The number of carbonyl (C=O) groups is 1. The van der Waals surface area contributed by atoms with Crippen molar-refractivity contribution in [2.24, 2.45) is 5.92 Å². The lowest BCUT2D eigenvalue weighted by atomic mass is 10.0. The Morgan fingerprint density at radius 3 is 2.33 bits per heavy atom. The first-order valence-corrected chi connectivity index (χ1v) is 6.58. The molecule has 2 aliphatic carbocycles. The van der Waals surface area contributed by atoms with Crippen molar-refractivity contribution in [3.63, 3.8) is 0 Å². The molecule has 1 unspecified atom stereocenters. The van der Waals surface area contributed by atoms with Crippen molar-refractivity contribution in [3.8, 4) is 0 Å². The second-order valence-electron chi connectivity index (χ2n) is 5.66. The zero-order valence-corrected chi connectivity index (χ0v) is 10.1. The van der Waals surface area contributed by atoms with Crippen LogP contribution in [0.25, 0.3) is 0 Å². The SMILES string of the molecule is O=C1CNC(C2CCCC2)N1C1(C(F)(F)F)CC1. The van der Waals surface area contributed by atoms with Gasteiger partial charge < -0.3 is 4.90 Å². The number of halogens is 3. The summed E-state index contributed by atoms with van der Waals surface area (Å²) in [4.78, 5) is 13.0. The van der Waals surface area contributed by atoms with Crippen LogP contribution in [0.1, 0.15) is 38.5 Å². The standard InChI is InChI=1S/C12H17F3N2O/c13-12(14,15)11(5-6-11)17-9(18)7-16-10(17)8-3-1-2-4-8/h8,10,16H,1-7H2. The Morgan fingerprint density at radius 1 is 1.22 bits per heavy atom. The maximum absolute atomic E-state index is 13.2. The molecule has 18 heavy (non-hydrogen) atoms. The third kappa shape index (κ3) is 1.65. The molecule has 0 aromatic carbocycles. The van der Waals surface area contributed by atoms with Crippen molar-refractivity contribution < 1.29 is 18.0 Å². The lowest BCUT2D eigenvalue weighted by Crippen LogP contribution is -2.55. The smallest absolute Gasteiger partial charge is 0.311 e. The fourth-order valence-electron chi connectivity index (χ4n) is 3.46. The second-order valence-corrected chi connectivity index (χ2v) is 5.66. The minimum absolute atomic E-state index is 0.0546. The number of hydrogen-bond donors (Lipinski definition) is 1. The third-order valence-electron chi connectivity index (χ3n) is 4.57. The van der Waals surface area contributed by atoms with E-state index in [-0.39, 0.29) is 31.2 Å². The number of carbonyl (C=O) groups excluding carboxylic acids is 1. The van der Waals surface area contributed by atoms with Gasteiger partial charge in [0.25, 0.3) is 0 Å². The minimum atomic E-state index is -4.30. The molecule has 0 bridgehead atoms. The van der Waals surface area contributed by atoms with Crippen LogP contribution >= 0.6 is 0 Å². The normalized spacial score (nSPS) is 32.3. The maximum atomic E-state index is 13.2. The molecular formula is C12H17F3N2O. The lowest BCUT2D eigenvalue weighted by Gasteiger charge is -2.37. The van der Waals surface area contributed by atoms with Gasteiger partial charge in [0.15, 0.2) is 0 Å². The van der Waals surface area contributed by atoms with Crippen LogP contribution < -0.4 is 5.32 Å². The molecule has 0 aromatic heterocycles. The van der Waals surface area contributed by atoms with Crippen molar-refractivity contribution in [1.82, 2.24) is 10.2 Å².